The minimum atomic E-state index is -0.000304. The quantitative estimate of drug-likeness (QED) is 0.275. The van der Waals surface area contributed by atoms with Crippen molar-refractivity contribution in [3.63, 3.8) is 0 Å². The SMILES string of the molecule is CC(C)Oc1ccc(C(=O)CCCC(=O)NC(C[C+]2CCCC2)C(C)c2ccc3c(c2)OCO3)cc1. The van der Waals surface area contributed by atoms with Crippen LogP contribution in [0.2, 0.25) is 0 Å². The number of hydrogen-bond acceptors (Lipinski definition) is 5. The number of carbonyl (C=O) groups is 2. The number of amides is 1. The van der Waals surface area contributed by atoms with Gasteiger partial charge in [-0.25, -0.2) is 0 Å². The van der Waals surface area contributed by atoms with Crippen molar-refractivity contribution < 1.29 is 23.8 Å². The number of fused-ring (bicyclic) bond motifs is 1. The minimum absolute atomic E-state index is 0.000304. The third-order valence-corrected chi connectivity index (χ3v) is 7.05. The van der Waals surface area contributed by atoms with Crippen LogP contribution in [0.1, 0.15) is 94.0 Å². The average molecular weight is 493 g/mol. The van der Waals surface area contributed by atoms with Gasteiger partial charge in [0.25, 0.3) is 0 Å². The molecule has 0 bridgehead atoms. The van der Waals surface area contributed by atoms with Gasteiger partial charge in [-0.15, -0.1) is 0 Å². The predicted octanol–water partition coefficient (Wildman–Crippen LogP) is 6.38. The second-order valence-electron chi connectivity index (χ2n) is 10.2. The molecule has 1 saturated carbocycles. The largest absolute Gasteiger partial charge is 0.491 e. The molecule has 1 N–H and O–H groups in total. The molecule has 4 rings (SSSR count). The topological polar surface area (TPSA) is 73.9 Å². The summed E-state index contributed by atoms with van der Waals surface area (Å²) in [6.07, 6.45) is 6.96. The molecule has 2 atom stereocenters. The molecule has 0 radical (unpaired) electrons. The maximum Gasteiger partial charge on any atom is 0.231 e. The molecule has 0 spiro atoms. The van der Waals surface area contributed by atoms with Gasteiger partial charge in [-0.2, -0.15) is 0 Å². The average Bonchev–Trinajstić information content (AvgIpc) is 3.54. The number of Topliss-reactive ketones (excluding diaryl/α,β-unsaturated/α-hetero) is 1. The summed E-state index contributed by atoms with van der Waals surface area (Å²) in [5.41, 5.74) is 1.78. The van der Waals surface area contributed by atoms with Crippen molar-refractivity contribution in [3.05, 3.63) is 59.5 Å². The highest BCUT2D eigenvalue weighted by atomic mass is 16.7. The Labute approximate surface area is 214 Å². The number of hydrogen-bond donors (Lipinski definition) is 1. The standard InChI is InChI=1S/C30H37NO5/c1-20(2)36-25-14-11-23(12-15-25)27(32)9-6-10-30(33)31-26(17-22-7-4-5-8-22)21(3)24-13-16-28-29(18-24)35-19-34-28/h11-16,18,20-21,26H,4-10,17,19H2,1-3H3/p+1. The molecule has 36 heavy (non-hydrogen) atoms. The lowest BCUT2D eigenvalue weighted by atomic mass is 9.86. The van der Waals surface area contributed by atoms with Gasteiger partial charge in [0.15, 0.2) is 17.3 Å². The van der Waals surface area contributed by atoms with Gasteiger partial charge >= 0.3 is 0 Å². The predicted molar refractivity (Wildman–Crippen MR) is 140 cm³/mol. The van der Waals surface area contributed by atoms with Crippen LogP contribution in [0.15, 0.2) is 42.5 Å². The van der Waals surface area contributed by atoms with E-state index in [2.05, 4.69) is 18.3 Å². The van der Waals surface area contributed by atoms with E-state index >= 15 is 0 Å². The summed E-state index contributed by atoms with van der Waals surface area (Å²) in [4.78, 5) is 25.5. The van der Waals surface area contributed by atoms with Crippen LogP contribution in [-0.2, 0) is 4.79 Å². The second-order valence-corrected chi connectivity index (χ2v) is 10.2. The highest BCUT2D eigenvalue weighted by molar-refractivity contribution is 5.96. The van der Waals surface area contributed by atoms with E-state index in [0.29, 0.717) is 24.8 Å². The van der Waals surface area contributed by atoms with Crippen LogP contribution < -0.4 is 19.5 Å². The van der Waals surface area contributed by atoms with Gasteiger partial charge in [-0.05, 0) is 75.1 Å². The van der Waals surface area contributed by atoms with E-state index in [-0.39, 0.29) is 36.5 Å². The maximum atomic E-state index is 12.9. The number of nitrogens with one attached hydrogen (secondary N) is 1. The molecule has 6 nitrogen and oxygen atoms in total. The number of ketones is 1. The van der Waals surface area contributed by atoms with Crippen LogP contribution >= 0.6 is 0 Å². The van der Waals surface area contributed by atoms with Crippen LogP contribution in [0, 0.1) is 5.92 Å². The molecule has 192 valence electrons. The smallest absolute Gasteiger partial charge is 0.231 e. The van der Waals surface area contributed by atoms with Crippen molar-refractivity contribution in [2.24, 2.45) is 0 Å². The molecule has 2 aliphatic rings. The molecule has 0 aromatic heterocycles. The summed E-state index contributed by atoms with van der Waals surface area (Å²) in [5.74, 6) is 4.00. The van der Waals surface area contributed by atoms with Crippen LogP contribution in [-0.4, -0.2) is 30.6 Å². The van der Waals surface area contributed by atoms with Crippen LogP contribution in [0.5, 0.6) is 17.2 Å². The van der Waals surface area contributed by atoms with Gasteiger partial charge in [-0.1, -0.05) is 13.0 Å². The van der Waals surface area contributed by atoms with Crippen LogP contribution in [0.4, 0.5) is 0 Å². The van der Waals surface area contributed by atoms with Gasteiger partial charge in [0.2, 0.25) is 12.7 Å². The molecular weight excluding hydrogens is 454 g/mol. The van der Waals surface area contributed by atoms with Gasteiger partial charge in [0.05, 0.1) is 30.9 Å². The Balaban J connectivity index is 1.31. The lowest BCUT2D eigenvalue weighted by molar-refractivity contribution is -0.122. The first-order chi connectivity index (χ1) is 17.4. The first-order valence-corrected chi connectivity index (χ1v) is 13.2. The van der Waals surface area contributed by atoms with Gasteiger partial charge in [0.1, 0.15) is 12.2 Å². The second kappa shape index (κ2) is 12.2. The Morgan fingerprint density at radius 2 is 1.69 bits per heavy atom. The molecular formula is C30H38NO5+. The van der Waals surface area contributed by atoms with Crippen molar-refractivity contribution in [3.8, 4) is 17.2 Å². The van der Waals surface area contributed by atoms with Gasteiger partial charge in [0, 0.05) is 24.3 Å². The van der Waals surface area contributed by atoms with E-state index in [4.69, 9.17) is 14.2 Å². The lowest BCUT2D eigenvalue weighted by Gasteiger charge is -2.24. The number of benzene rings is 2. The molecule has 1 aliphatic heterocycles. The molecule has 2 unspecified atom stereocenters. The van der Waals surface area contributed by atoms with Crippen molar-refractivity contribution in [1.82, 2.24) is 5.32 Å². The van der Waals surface area contributed by atoms with Crippen molar-refractivity contribution in [2.75, 3.05) is 6.79 Å². The van der Waals surface area contributed by atoms with E-state index in [9.17, 15) is 9.59 Å². The summed E-state index contributed by atoms with van der Waals surface area (Å²) in [7, 11) is 0. The number of carbonyl (C=O) groups excluding carboxylic acids is 2. The summed E-state index contributed by atoms with van der Waals surface area (Å²) in [6.45, 7) is 6.35. The van der Waals surface area contributed by atoms with Crippen molar-refractivity contribution in [2.45, 2.75) is 90.2 Å². The Hall–Kier alpha value is -3.15. The monoisotopic (exact) mass is 492 g/mol. The first kappa shape index (κ1) is 25.9. The van der Waals surface area contributed by atoms with E-state index in [1.54, 1.807) is 12.1 Å². The fraction of sp³-hybridized carbons (Fsp3) is 0.500. The normalized spacial score (nSPS) is 16.2. The Morgan fingerprint density at radius 3 is 2.42 bits per heavy atom. The third kappa shape index (κ3) is 6.96. The van der Waals surface area contributed by atoms with Crippen molar-refractivity contribution >= 4 is 11.7 Å². The molecule has 1 aliphatic carbocycles. The highest BCUT2D eigenvalue weighted by Crippen LogP contribution is 2.38. The van der Waals surface area contributed by atoms with E-state index in [0.717, 1.165) is 42.1 Å². The van der Waals surface area contributed by atoms with E-state index in [1.807, 2.05) is 38.1 Å². The zero-order valence-corrected chi connectivity index (χ0v) is 21.7. The minimum Gasteiger partial charge on any atom is -0.491 e. The number of ether oxygens (including phenoxy) is 3. The van der Waals surface area contributed by atoms with E-state index in [1.165, 1.54) is 18.8 Å². The maximum absolute atomic E-state index is 12.9. The first-order valence-electron chi connectivity index (χ1n) is 13.2. The van der Waals surface area contributed by atoms with Gasteiger partial charge < -0.3 is 19.5 Å². The number of rotatable bonds is 12. The molecule has 1 amide bonds. The fourth-order valence-corrected chi connectivity index (χ4v) is 5.00. The Kier molecular flexibility index (Phi) is 8.79. The molecule has 0 saturated heterocycles. The molecule has 1 fully saturated rings. The zero-order chi connectivity index (χ0) is 25.5. The molecule has 2 aromatic rings. The highest BCUT2D eigenvalue weighted by Gasteiger charge is 2.34. The lowest BCUT2D eigenvalue weighted by Crippen LogP contribution is -2.39. The Bertz CT molecular complexity index is 1030. The van der Waals surface area contributed by atoms with Gasteiger partial charge in [-0.3, -0.25) is 9.59 Å². The third-order valence-electron chi connectivity index (χ3n) is 7.05. The summed E-state index contributed by atoms with van der Waals surface area (Å²) < 4.78 is 16.7. The van der Waals surface area contributed by atoms with Crippen LogP contribution in [0.25, 0.3) is 0 Å². The molecule has 2 aromatic carbocycles. The zero-order valence-electron chi connectivity index (χ0n) is 21.7. The Morgan fingerprint density at radius 1 is 0.972 bits per heavy atom. The van der Waals surface area contributed by atoms with E-state index < -0.39 is 0 Å². The molecule has 1 heterocycles. The van der Waals surface area contributed by atoms with Crippen LogP contribution in [0.3, 0.4) is 0 Å². The summed E-state index contributed by atoms with van der Waals surface area (Å²) in [5, 5.41) is 3.29. The molecule has 6 heteroatoms. The summed E-state index contributed by atoms with van der Waals surface area (Å²) in [6, 6.07) is 13.3. The van der Waals surface area contributed by atoms with Crippen molar-refractivity contribution in [1.29, 1.82) is 0 Å². The summed E-state index contributed by atoms with van der Waals surface area (Å²) >= 11 is 0. The fourth-order valence-electron chi connectivity index (χ4n) is 5.00.